The molecule has 2 N–H and O–H groups in total. The summed E-state index contributed by atoms with van der Waals surface area (Å²) in [4.78, 5) is 12.0. The maximum absolute atomic E-state index is 12.0. The Morgan fingerprint density at radius 2 is 2.22 bits per heavy atom. The molecule has 0 aromatic heterocycles. The summed E-state index contributed by atoms with van der Waals surface area (Å²) < 4.78 is 0. The lowest BCUT2D eigenvalue weighted by molar-refractivity contribution is -0.122. The van der Waals surface area contributed by atoms with Gasteiger partial charge in [-0.25, -0.2) is 0 Å². The number of unbranched alkanes of at least 4 members (excludes halogenated alkanes) is 1. The molecule has 2 unspecified atom stereocenters. The van der Waals surface area contributed by atoms with Gasteiger partial charge in [-0.05, 0) is 12.8 Å². The van der Waals surface area contributed by atoms with Gasteiger partial charge in [0.25, 0.3) is 0 Å². The van der Waals surface area contributed by atoms with Crippen molar-refractivity contribution >= 4 is 17.7 Å². The Morgan fingerprint density at radius 3 is 2.83 bits per heavy atom. The smallest absolute Gasteiger partial charge is 0.221 e. The third kappa shape index (κ3) is 6.64. The lowest BCUT2D eigenvalue weighted by Crippen LogP contribution is -2.43. The lowest BCUT2D eigenvalue weighted by atomic mass is 10.0. The Labute approximate surface area is 116 Å². The molecule has 3 nitrogen and oxygen atoms in total. The first-order chi connectivity index (χ1) is 8.76. The molecule has 1 aliphatic rings. The number of carbonyl (C=O) groups is 1. The van der Waals surface area contributed by atoms with Crippen LogP contribution in [0.2, 0.25) is 0 Å². The molecule has 4 heteroatoms. The van der Waals surface area contributed by atoms with Crippen molar-refractivity contribution in [3.8, 4) is 0 Å². The van der Waals surface area contributed by atoms with Gasteiger partial charge in [0, 0.05) is 36.6 Å². The molecule has 1 aliphatic heterocycles. The maximum Gasteiger partial charge on any atom is 0.221 e. The first kappa shape index (κ1) is 15.8. The summed E-state index contributed by atoms with van der Waals surface area (Å²) in [6.07, 6.45) is 6.44. The van der Waals surface area contributed by atoms with Crippen LogP contribution in [0, 0.1) is 0 Å². The molecular weight excluding hydrogens is 244 g/mol. The number of rotatable bonds is 8. The topological polar surface area (TPSA) is 41.1 Å². The minimum atomic E-state index is 0.226. The highest BCUT2D eigenvalue weighted by Crippen LogP contribution is 2.11. The Morgan fingerprint density at radius 1 is 1.39 bits per heavy atom. The van der Waals surface area contributed by atoms with Crippen LogP contribution in [0.25, 0.3) is 0 Å². The number of hydrogen-bond acceptors (Lipinski definition) is 3. The second-order valence-electron chi connectivity index (χ2n) is 5.13. The minimum Gasteiger partial charge on any atom is -0.353 e. The molecule has 0 aromatic carbocycles. The van der Waals surface area contributed by atoms with Crippen LogP contribution in [0.4, 0.5) is 0 Å². The third-order valence-corrected chi connectivity index (χ3v) is 4.47. The second kappa shape index (κ2) is 9.68. The average Bonchev–Trinajstić information content (AvgIpc) is 2.37. The third-order valence-electron chi connectivity index (χ3n) is 3.34. The van der Waals surface area contributed by atoms with Crippen LogP contribution >= 0.6 is 11.8 Å². The van der Waals surface area contributed by atoms with Crippen LogP contribution < -0.4 is 10.6 Å². The van der Waals surface area contributed by atoms with E-state index in [4.69, 9.17) is 0 Å². The summed E-state index contributed by atoms with van der Waals surface area (Å²) >= 11 is 1.95. The van der Waals surface area contributed by atoms with E-state index in [2.05, 4.69) is 24.5 Å². The van der Waals surface area contributed by atoms with Crippen LogP contribution in [-0.2, 0) is 4.79 Å². The van der Waals surface area contributed by atoms with Crippen molar-refractivity contribution in [2.24, 2.45) is 0 Å². The summed E-state index contributed by atoms with van der Waals surface area (Å²) in [7, 11) is 0. The first-order valence-electron chi connectivity index (χ1n) is 7.36. The van der Waals surface area contributed by atoms with E-state index < -0.39 is 0 Å². The van der Waals surface area contributed by atoms with E-state index in [9.17, 15) is 4.79 Å². The van der Waals surface area contributed by atoms with E-state index in [1.165, 1.54) is 18.6 Å². The van der Waals surface area contributed by atoms with Crippen molar-refractivity contribution in [3.63, 3.8) is 0 Å². The molecule has 0 bridgehead atoms. The molecule has 2 atom stereocenters. The highest BCUT2D eigenvalue weighted by atomic mass is 32.2. The van der Waals surface area contributed by atoms with Gasteiger partial charge >= 0.3 is 0 Å². The van der Waals surface area contributed by atoms with Crippen molar-refractivity contribution in [2.45, 2.75) is 64.5 Å². The monoisotopic (exact) mass is 272 g/mol. The van der Waals surface area contributed by atoms with Crippen molar-refractivity contribution in [3.05, 3.63) is 0 Å². The van der Waals surface area contributed by atoms with Crippen LogP contribution in [-0.4, -0.2) is 36.0 Å². The number of nitrogens with one attached hydrogen (secondary N) is 2. The quantitative estimate of drug-likeness (QED) is 0.713. The van der Waals surface area contributed by atoms with E-state index in [-0.39, 0.29) is 5.91 Å². The fraction of sp³-hybridized carbons (Fsp3) is 0.929. The number of thioether (sulfide) groups is 1. The molecule has 1 rings (SSSR count). The summed E-state index contributed by atoms with van der Waals surface area (Å²) in [6.45, 7) is 5.43. The fourth-order valence-corrected chi connectivity index (χ4v) is 3.30. The van der Waals surface area contributed by atoms with Gasteiger partial charge in [-0.3, -0.25) is 4.79 Å². The molecule has 1 fully saturated rings. The van der Waals surface area contributed by atoms with Crippen LogP contribution in [0.5, 0.6) is 0 Å². The Bertz CT molecular complexity index is 230. The first-order valence-corrected chi connectivity index (χ1v) is 8.52. The maximum atomic E-state index is 12.0. The molecule has 0 saturated carbocycles. The van der Waals surface area contributed by atoms with Crippen LogP contribution in [0.1, 0.15) is 52.4 Å². The van der Waals surface area contributed by atoms with Gasteiger partial charge in [0.15, 0.2) is 0 Å². The van der Waals surface area contributed by atoms with Gasteiger partial charge < -0.3 is 10.6 Å². The van der Waals surface area contributed by atoms with Gasteiger partial charge in [-0.2, -0.15) is 11.8 Å². The number of hydrogen-bond donors (Lipinski definition) is 2. The van der Waals surface area contributed by atoms with E-state index in [0.717, 1.165) is 31.6 Å². The van der Waals surface area contributed by atoms with Gasteiger partial charge in [-0.1, -0.05) is 33.1 Å². The highest BCUT2D eigenvalue weighted by molar-refractivity contribution is 7.99. The molecule has 0 aromatic rings. The minimum absolute atomic E-state index is 0.226. The number of amides is 1. The molecule has 106 valence electrons. The highest BCUT2D eigenvalue weighted by Gasteiger charge is 2.18. The van der Waals surface area contributed by atoms with Crippen molar-refractivity contribution in [1.29, 1.82) is 0 Å². The zero-order valence-electron chi connectivity index (χ0n) is 11.8. The molecule has 0 radical (unpaired) electrons. The summed E-state index contributed by atoms with van der Waals surface area (Å²) in [5.74, 6) is 2.47. The normalized spacial score (nSPS) is 21.6. The van der Waals surface area contributed by atoms with Crippen molar-refractivity contribution < 1.29 is 4.79 Å². The van der Waals surface area contributed by atoms with Gasteiger partial charge in [0.1, 0.15) is 0 Å². The molecule has 1 saturated heterocycles. The molecule has 0 spiro atoms. The Hall–Kier alpha value is -0.220. The zero-order valence-corrected chi connectivity index (χ0v) is 12.7. The van der Waals surface area contributed by atoms with E-state index >= 15 is 0 Å². The molecule has 18 heavy (non-hydrogen) atoms. The predicted molar refractivity (Wildman–Crippen MR) is 80.1 cm³/mol. The van der Waals surface area contributed by atoms with E-state index in [0.29, 0.717) is 18.5 Å². The molecule has 0 aliphatic carbocycles. The average molecular weight is 272 g/mol. The van der Waals surface area contributed by atoms with Crippen molar-refractivity contribution in [1.82, 2.24) is 10.6 Å². The van der Waals surface area contributed by atoms with E-state index in [1.54, 1.807) is 0 Å². The SMILES string of the molecule is CCCCC(CCC)NC(=O)CC1CSCCN1. The molecule has 1 heterocycles. The predicted octanol–water partition coefficient (Wildman–Crippen LogP) is 2.56. The number of carbonyl (C=O) groups excluding carboxylic acids is 1. The van der Waals surface area contributed by atoms with Gasteiger partial charge in [0.2, 0.25) is 5.91 Å². The van der Waals surface area contributed by atoms with Gasteiger partial charge in [0.05, 0.1) is 0 Å². The molecular formula is C14H28N2OS. The largest absolute Gasteiger partial charge is 0.353 e. The van der Waals surface area contributed by atoms with E-state index in [1.807, 2.05) is 11.8 Å². The Kier molecular flexibility index (Phi) is 8.51. The zero-order chi connectivity index (χ0) is 13.2. The van der Waals surface area contributed by atoms with Crippen molar-refractivity contribution in [2.75, 3.05) is 18.1 Å². The summed E-state index contributed by atoms with van der Waals surface area (Å²) in [5.41, 5.74) is 0. The summed E-state index contributed by atoms with van der Waals surface area (Å²) in [6, 6.07) is 0.760. The van der Waals surface area contributed by atoms with Crippen LogP contribution in [0.15, 0.2) is 0 Å². The fourth-order valence-electron chi connectivity index (χ4n) is 2.35. The van der Waals surface area contributed by atoms with Crippen LogP contribution in [0.3, 0.4) is 0 Å². The molecule has 1 amide bonds. The van der Waals surface area contributed by atoms with Gasteiger partial charge in [-0.15, -0.1) is 0 Å². The second-order valence-corrected chi connectivity index (χ2v) is 6.28. The standard InChI is InChI=1S/C14H28N2OS/c1-3-5-7-12(6-4-2)16-14(17)10-13-11-18-9-8-15-13/h12-13,15H,3-11H2,1-2H3,(H,16,17). The summed E-state index contributed by atoms with van der Waals surface area (Å²) in [5, 5.41) is 6.63. The Balaban J connectivity index is 2.25. The lowest BCUT2D eigenvalue weighted by Gasteiger charge is -2.24.